The van der Waals surface area contributed by atoms with Crippen LogP contribution in [0.1, 0.15) is 29.6 Å². The maximum Gasteiger partial charge on any atom is 0.258 e. The van der Waals surface area contributed by atoms with Crippen LogP contribution < -0.4 is 9.80 Å². The number of carbonyl (C=O) groups excluding carboxylic acids is 2. The quantitative estimate of drug-likeness (QED) is 0.850. The van der Waals surface area contributed by atoms with Crippen molar-refractivity contribution in [1.29, 1.82) is 0 Å². The third kappa shape index (κ3) is 2.68. The van der Waals surface area contributed by atoms with Crippen molar-refractivity contribution >= 4 is 23.2 Å². The molecule has 1 heterocycles. The molecule has 1 aliphatic heterocycles. The van der Waals surface area contributed by atoms with Gasteiger partial charge in [-0.1, -0.05) is 30.3 Å². The zero-order valence-electron chi connectivity index (χ0n) is 13.5. The van der Waals surface area contributed by atoms with Crippen molar-refractivity contribution in [2.45, 2.75) is 19.3 Å². The van der Waals surface area contributed by atoms with E-state index < -0.39 is 0 Å². The fourth-order valence-corrected chi connectivity index (χ4v) is 3.28. The van der Waals surface area contributed by atoms with E-state index in [-0.39, 0.29) is 17.7 Å². The van der Waals surface area contributed by atoms with Crippen LogP contribution in [-0.4, -0.2) is 24.9 Å². The van der Waals surface area contributed by atoms with Gasteiger partial charge in [-0.15, -0.1) is 0 Å². The zero-order chi connectivity index (χ0) is 16.5. The van der Waals surface area contributed by atoms with E-state index in [1.807, 2.05) is 64.4 Å². The van der Waals surface area contributed by atoms with Gasteiger partial charge in [-0.3, -0.25) is 9.59 Å². The molecule has 0 N–H and O–H groups in total. The number of nitrogens with zero attached hydrogens (tertiary/aromatic N) is 2. The lowest BCUT2D eigenvalue weighted by Crippen LogP contribution is -2.32. The summed E-state index contributed by atoms with van der Waals surface area (Å²) < 4.78 is 0. The Bertz CT molecular complexity index is 768. The highest BCUT2D eigenvalue weighted by atomic mass is 16.2. The number of amides is 2. The van der Waals surface area contributed by atoms with Crippen LogP contribution >= 0.6 is 0 Å². The number of fused-ring (bicyclic) bond motifs is 1. The van der Waals surface area contributed by atoms with Crippen LogP contribution in [0.4, 0.5) is 11.4 Å². The van der Waals surface area contributed by atoms with Crippen LogP contribution in [0.25, 0.3) is 0 Å². The van der Waals surface area contributed by atoms with Crippen molar-refractivity contribution in [2.24, 2.45) is 5.92 Å². The number of rotatable bonds is 2. The van der Waals surface area contributed by atoms with Crippen LogP contribution in [0.15, 0.2) is 54.6 Å². The fourth-order valence-electron chi connectivity index (χ4n) is 3.28. The molecule has 1 aliphatic carbocycles. The molecule has 0 radical (unpaired) electrons. The van der Waals surface area contributed by atoms with Gasteiger partial charge in [0.25, 0.3) is 5.91 Å². The second kappa shape index (κ2) is 6.11. The predicted molar refractivity (Wildman–Crippen MR) is 94.3 cm³/mol. The molecule has 2 aromatic carbocycles. The van der Waals surface area contributed by atoms with E-state index in [1.54, 1.807) is 0 Å². The lowest BCUT2D eigenvalue weighted by Gasteiger charge is -2.25. The first-order valence-electron chi connectivity index (χ1n) is 8.53. The number of hydrogen-bond donors (Lipinski definition) is 0. The summed E-state index contributed by atoms with van der Waals surface area (Å²) >= 11 is 0. The maximum absolute atomic E-state index is 13.0. The van der Waals surface area contributed by atoms with Gasteiger partial charge in [-0.05, 0) is 43.5 Å². The second-order valence-corrected chi connectivity index (χ2v) is 6.43. The Labute approximate surface area is 141 Å². The zero-order valence-corrected chi connectivity index (χ0v) is 13.5. The van der Waals surface area contributed by atoms with Gasteiger partial charge in [-0.2, -0.15) is 0 Å². The fraction of sp³-hybridized carbons (Fsp3) is 0.300. The third-order valence-corrected chi connectivity index (χ3v) is 4.69. The van der Waals surface area contributed by atoms with E-state index >= 15 is 0 Å². The van der Waals surface area contributed by atoms with Gasteiger partial charge in [0.1, 0.15) is 0 Å². The minimum Gasteiger partial charge on any atom is -0.310 e. The monoisotopic (exact) mass is 320 g/mol. The Morgan fingerprint density at radius 1 is 0.792 bits per heavy atom. The van der Waals surface area contributed by atoms with Crippen molar-refractivity contribution in [3.63, 3.8) is 0 Å². The molecule has 0 atom stereocenters. The Morgan fingerprint density at radius 3 is 2.04 bits per heavy atom. The van der Waals surface area contributed by atoms with Gasteiger partial charge in [0, 0.05) is 24.6 Å². The van der Waals surface area contributed by atoms with Crippen molar-refractivity contribution < 1.29 is 9.59 Å². The summed E-state index contributed by atoms with van der Waals surface area (Å²) in [6.07, 6.45) is 2.76. The third-order valence-electron chi connectivity index (χ3n) is 4.69. The molecule has 4 rings (SSSR count). The van der Waals surface area contributed by atoms with Gasteiger partial charge < -0.3 is 9.80 Å². The average molecular weight is 320 g/mol. The van der Waals surface area contributed by atoms with Gasteiger partial charge in [-0.25, -0.2) is 0 Å². The summed E-state index contributed by atoms with van der Waals surface area (Å²) in [5.41, 5.74) is 2.36. The molecule has 4 heteroatoms. The van der Waals surface area contributed by atoms with Gasteiger partial charge in [0.05, 0.1) is 11.4 Å². The van der Waals surface area contributed by atoms with E-state index in [4.69, 9.17) is 0 Å². The normalized spacial score (nSPS) is 17.2. The van der Waals surface area contributed by atoms with Crippen LogP contribution in [0.2, 0.25) is 0 Å². The largest absolute Gasteiger partial charge is 0.310 e. The SMILES string of the molecule is O=C(c1ccccc1)N1CCCN(C(=O)C2CC2)c2ccccc21. The van der Waals surface area contributed by atoms with Gasteiger partial charge in [0.15, 0.2) is 0 Å². The molecule has 2 aromatic rings. The van der Waals surface area contributed by atoms with Gasteiger partial charge in [0.2, 0.25) is 5.91 Å². The highest BCUT2D eigenvalue weighted by Gasteiger charge is 2.36. The molecular weight excluding hydrogens is 300 g/mol. The molecule has 0 unspecified atom stereocenters. The van der Waals surface area contributed by atoms with Crippen LogP contribution in [0.3, 0.4) is 0 Å². The van der Waals surface area contributed by atoms with E-state index in [0.29, 0.717) is 18.7 Å². The molecule has 0 bridgehead atoms. The van der Waals surface area contributed by atoms with E-state index in [0.717, 1.165) is 30.6 Å². The molecular formula is C20H20N2O2. The van der Waals surface area contributed by atoms with Crippen LogP contribution in [-0.2, 0) is 4.79 Å². The van der Waals surface area contributed by atoms with Crippen molar-refractivity contribution in [3.8, 4) is 0 Å². The summed E-state index contributed by atoms with van der Waals surface area (Å²) in [6, 6.07) is 17.1. The first-order chi connectivity index (χ1) is 11.8. The maximum atomic E-state index is 13.0. The lowest BCUT2D eigenvalue weighted by molar-refractivity contribution is -0.119. The summed E-state index contributed by atoms with van der Waals surface area (Å²) in [6.45, 7) is 1.30. The van der Waals surface area contributed by atoms with Crippen LogP contribution in [0, 0.1) is 5.92 Å². The highest BCUT2D eigenvalue weighted by molar-refractivity contribution is 6.10. The number of benzene rings is 2. The molecule has 1 fully saturated rings. The molecule has 0 saturated heterocycles. The van der Waals surface area contributed by atoms with E-state index in [1.165, 1.54) is 0 Å². The second-order valence-electron chi connectivity index (χ2n) is 6.43. The minimum atomic E-state index is -0.0104. The van der Waals surface area contributed by atoms with Crippen LogP contribution in [0.5, 0.6) is 0 Å². The average Bonchev–Trinajstić information content (AvgIpc) is 3.48. The number of para-hydroxylation sites is 2. The first kappa shape index (κ1) is 14.9. The number of hydrogen-bond acceptors (Lipinski definition) is 2. The summed E-state index contributed by atoms with van der Waals surface area (Å²) in [7, 11) is 0. The lowest BCUT2D eigenvalue weighted by atomic mass is 10.1. The molecule has 2 amide bonds. The molecule has 122 valence electrons. The van der Waals surface area contributed by atoms with Crippen molar-refractivity contribution in [1.82, 2.24) is 0 Å². The molecule has 1 saturated carbocycles. The topological polar surface area (TPSA) is 40.6 Å². The summed E-state index contributed by atoms with van der Waals surface area (Å²) in [5.74, 6) is 0.370. The minimum absolute atomic E-state index is 0.0104. The number of carbonyl (C=O) groups is 2. The molecule has 0 spiro atoms. The van der Waals surface area contributed by atoms with Crippen molar-refractivity contribution in [2.75, 3.05) is 22.9 Å². The Morgan fingerprint density at radius 2 is 1.38 bits per heavy atom. The molecule has 24 heavy (non-hydrogen) atoms. The summed E-state index contributed by atoms with van der Waals surface area (Å²) in [5, 5.41) is 0. The van der Waals surface area contributed by atoms with E-state index in [9.17, 15) is 9.59 Å². The molecule has 0 aromatic heterocycles. The standard InChI is InChI=1S/C20H20N2O2/c23-19(15-7-2-1-3-8-15)21-13-6-14-22(20(24)16-11-12-16)18-10-5-4-9-17(18)21/h1-5,7-10,16H,6,11-14H2. The summed E-state index contributed by atoms with van der Waals surface area (Å²) in [4.78, 5) is 29.3. The Hall–Kier alpha value is -2.62. The van der Waals surface area contributed by atoms with E-state index in [2.05, 4.69) is 0 Å². The molecule has 2 aliphatic rings. The predicted octanol–water partition coefficient (Wildman–Crippen LogP) is 3.48. The first-order valence-corrected chi connectivity index (χ1v) is 8.53. The van der Waals surface area contributed by atoms with Gasteiger partial charge >= 0.3 is 0 Å². The Kier molecular flexibility index (Phi) is 3.81. The number of anilines is 2. The highest BCUT2D eigenvalue weighted by Crippen LogP contribution is 2.38. The molecule has 4 nitrogen and oxygen atoms in total. The Balaban J connectivity index is 1.72. The van der Waals surface area contributed by atoms with Crippen molar-refractivity contribution in [3.05, 3.63) is 60.2 Å². The smallest absolute Gasteiger partial charge is 0.258 e.